The van der Waals surface area contributed by atoms with Gasteiger partial charge in [0.15, 0.2) is 5.79 Å². The zero-order valence-corrected chi connectivity index (χ0v) is 14.4. The number of hydrogen-bond donors (Lipinski definition) is 2. The minimum atomic E-state index is -0.633. The summed E-state index contributed by atoms with van der Waals surface area (Å²) in [5.41, 5.74) is 1.51. The van der Waals surface area contributed by atoms with Crippen molar-refractivity contribution in [1.29, 1.82) is 0 Å². The second-order valence-electron chi connectivity index (χ2n) is 7.07. The van der Waals surface area contributed by atoms with Crippen molar-refractivity contribution in [2.45, 2.75) is 51.2 Å². The van der Waals surface area contributed by atoms with E-state index in [0.717, 1.165) is 12.0 Å². The molecule has 1 aromatic carbocycles. The Labute approximate surface area is 142 Å². The van der Waals surface area contributed by atoms with E-state index in [0.29, 0.717) is 5.56 Å². The number of aliphatic hydroxyl groups is 1. The predicted octanol–water partition coefficient (Wildman–Crippen LogP) is 2.26. The minimum absolute atomic E-state index is 0.0123. The third-order valence-electron chi connectivity index (χ3n) is 4.62. The van der Waals surface area contributed by atoms with E-state index >= 15 is 0 Å². The molecule has 5 heteroatoms. The van der Waals surface area contributed by atoms with Gasteiger partial charge in [0.05, 0.1) is 18.8 Å². The van der Waals surface area contributed by atoms with Crippen molar-refractivity contribution >= 4 is 5.91 Å². The summed E-state index contributed by atoms with van der Waals surface area (Å²) in [5, 5.41) is 12.4. The molecule has 1 amide bonds. The van der Waals surface area contributed by atoms with Gasteiger partial charge in [-0.25, -0.2) is 0 Å². The van der Waals surface area contributed by atoms with Crippen LogP contribution in [0.1, 0.15) is 37.6 Å². The Hall–Kier alpha value is -1.69. The highest BCUT2D eigenvalue weighted by Gasteiger charge is 2.53. The number of aliphatic hydroxyl groups excluding tert-OH is 1. The van der Waals surface area contributed by atoms with Gasteiger partial charge in [-0.05, 0) is 39.3 Å². The van der Waals surface area contributed by atoms with Crippen LogP contribution in [-0.2, 0) is 9.47 Å². The summed E-state index contributed by atoms with van der Waals surface area (Å²) in [5.74, 6) is -0.670. The largest absolute Gasteiger partial charge is 0.392 e. The molecule has 130 valence electrons. The zero-order valence-electron chi connectivity index (χ0n) is 14.4. The smallest absolute Gasteiger partial charge is 0.251 e. The third-order valence-corrected chi connectivity index (χ3v) is 4.62. The molecule has 1 aliphatic carbocycles. The van der Waals surface area contributed by atoms with E-state index < -0.39 is 5.79 Å². The molecule has 0 unspecified atom stereocenters. The summed E-state index contributed by atoms with van der Waals surface area (Å²) in [4.78, 5) is 12.6. The van der Waals surface area contributed by atoms with E-state index in [4.69, 9.17) is 9.47 Å². The monoisotopic (exact) mass is 331 g/mol. The summed E-state index contributed by atoms with van der Waals surface area (Å²) >= 11 is 0. The second-order valence-corrected chi connectivity index (χ2v) is 7.07. The fourth-order valence-corrected chi connectivity index (χ4v) is 3.61. The molecule has 2 aliphatic rings. The maximum Gasteiger partial charge on any atom is 0.251 e. The van der Waals surface area contributed by atoms with Gasteiger partial charge in [0.25, 0.3) is 5.91 Å². The van der Waals surface area contributed by atoms with Gasteiger partial charge in [-0.15, -0.1) is 0 Å². The van der Waals surface area contributed by atoms with Crippen LogP contribution in [0.2, 0.25) is 0 Å². The first-order chi connectivity index (χ1) is 11.4. The molecule has 4 atom stereocenters. The van der Waals surface area contributed by atoms with E-state index in [1.54, 1.807) is 12.1 Å². The van der Waals surface area contributed by atoms with Crippen LogP contribution >= 0.6 is 0 Å². The lowest BCUT2D eigenvalue weighted by molar-refractivity contribution is -0.155. The van der Waals surface area contributed by atoms with Gasteiger partial charge in [-0.3, -0.25) is 4.79 Å². The second kappa shape index (κ2) is 6.67. The molecule has 2 N–H and O–H groups in total. The van der Waals surface area contributed by atoms with Crippen LogP contribution in [-0.4, -0.2) is 41.7 Å². The lowest BCUT2D eigenvalue weighted by atomic mass is 9.99. The molecular weight excluding hydrogens is 306 g/mol. The molecule has 0 aromatic heterocycles. The SMILES string of the molecule is C/C(=C\[C@@H]1C[C@H]2OC(C)(C)O[C@H]2[C@@H]1NC(=O)c1ccccc1)CO. The molecule has 0 radical (unpaired) electrons. The van der Waals surface area contributed by atoms with Crippen LogP contribution in [0.15, 0.2) is 42.0 Å². The van der Waals surface area contributed by atoms with Gasteiger partial charge < -0.3 is 19.9 Å². The molecule has 3 rings (SSSR count). The Kier molecular flexibility index (Phi) is 4.76. The Bertz CT molecular complexity index is 626. The van der Waals surface area contributed by atoms with Gasteiger partial charge in [0, 0.05) is 11.5 Å². The van der Waals surface area contributed by atoms with Crippen LogP contribution in [0.3, 0.4) is 0 Å². The van der Waals surface area contributed by atoms with Crippen LogP contribution in [0.5, 0.6) is 0 Å². The highest BCUT2D eigenvalue weighted by Crippen LogP contribution is 2.42. The number of rotatable bonds is 4. The number of amides is 1. The van der Waals surface area contributed by atoms with Crippen molar-refractivity contribution in [3.8, 4) is 0 Å². The average Bonchev–Trinajstić information content (AvgIpc) is 3.01. The zero-order chi connectivity index (χ0) is 17.3. The summed E-state index contributed by atoms with van der Waals surface area (Å²) in [6.07, 6.45) is 2.56. The van der Waals surface area contributed by atoms with Gasteiger partial charge in [0.2, 0.25) is 0 Å². The van der Waals surface area contributed by atoms with E-state index in [-0.39, 0.29) is 36.7 Å². The molecule has 1 saturated carbocycles. The van der Waals surface area contributed by atoms with Crippen LogP contribution in [0.4, 0.5) is 0 Å². The van der Waals surface area contributed by atoms with Crippen molar-refractivity contribution in [3.63, 3.8) is 0 Å². The maximum atomic E-state index is 12.6. The Balaban J connectivity index is 1.81. The molecule has 0 spiro atoms. The number of hydrogen-bond acceptors (Lipinski definition) is 4. The van der Waals surface area contributed by atoms with Crippen molar-refractivity contribution in [1.82, 2.24) is 5.32 Å². The Morgan fingerprint density at radius 1 is 1.33 bits per heavy atom. The highest BCUT2D eigenvalue weighted by atomic mass is 16.8. The average molecular weight is 331 g/mol. The molecule has 1 aromatic rings. The number of fused-ring (bicyclic) bond motifs is 1. The molecule has 1 saturated heterocycles. The first kappa shape index (κ1) is 17.1. The number of carbonyl (C=O) groups excluding carboxylic acids is 1. The number of nitrogens with one attached hydrogen (secondary N) is 1. The summed E-state index contributed by atoms with van der Waals surface area (Å²) in [6.45, 7) is 5.69. The van der Waals surface area contributed by atoms with Gasteiger partial charge in [0.1, 0.15) is 6.10 Å². The van der Waals surface area contributed by atoms with Crippen molar-refractivity contribution < 1.29 is 19.4 Å². The van der Waals surface area contributed by atoms with E-state index in [1.165, 1.54) is 0 Å². The number of ether oxygens (including phenoxy) is 2. The van der Waals surface area contributed by atoms with Gasteiger partial charge in [-0.2, -0.15) is 0 Å². The molecule has 5 nitrogen and oxygen atoms in total. The molecular formula is C19H25NO4. The van der Waals surface area contributed by atoms with Crippen molar-refractivity contribution in [2.24, 2.45) is 5.92 Å². The van der Waals surface area contributed by atoms with E-state index in [2.05, 4.69) is 5.32 Å². The van der Waals surface area contributed by atoms with Crippen molar-refractivity contribution in [2.75, 3.05) is 6.61 Å². The van der Waals surface area contributed by atoms with Crippen LogP contribution in [0.25, 0.3) is 0 Å². The molecule has 1 heterocycles. The lowest BCUT2D eigenvalue weighted by Gasteiger charge is -2.26. The highest BCUT2D eigenvalue weighted by molar-refractivity contribution is 5.94. The standard InChI is InChI=1S/C19H25NO4/c1-12(11-21)9-14-10-15-17(24-19(2,3)23-15)16(14)20-18(22)13-7-5-4-6-8-13/h4-9,14-17,21H,10-11H2,1-3H3,(H,20,22)/b12-9+/t14-,15-,16-,17-/m1/s1. The fraction of sp³-hybridized carbons (Fsp3) is 0.526. The van der Waals surface area contributed by atoms with Gasteiger partial charge in [-0.1, -0.05) is 29.8 Å². The molecule has 24 heavy (non-hydrogen) atoms. The topological polar surface area (TPSA) is 67.8 Å². The normalized spacial score (nSPS) is 31.8. The summed E-state index contributed by atoms with van der Waals surface area (Å²) < 4.78 is 12.0. The van der Waals surface area contributed by atoms with E-state index in [9.17, 15) is 9.90 Å². The summed E-state index contributed by atoms with van der Waals surface area (Å²) in [6, 6.07) is 8.99. The summed E-state index contributed by atoms with van der Waals surface area (Å²) in [7, 11) is 0. The maximum absolute atomic E-state index is 12.6. The minimum Gasteiger partial charge on any atom is -0.392 e. The Morgan fingerprint density at radius 3 is 2.71 bits per heavy atom. The molecule has 1 aliphatic heterocycles. The van der Waals surface area contributed by atoms with Crippen LogP contribution in [0, 0.1) is 5.92 Å². The first-order valence-corrected chi connectivity index (χ1v) is 8.39. The van der Waals surface area contributed by atoms with Crippen LogP contribution < -0.4 is 5.32 Å². The van der Waals surface area contributed by atoms with Gasteiger partial charge >= 0.3 is 0 Å². The lowest BCUT2D eigenvalue weighted by Crippen LogP contribution is -2.46. The first-order valence-electron chi connectivity index (χ1n) is 8.39. The predicted molar refractivity (Wildman–Crippen MR) is 90.5 cm³/mol. The third kappa shape index (κ3) is 3.53. The molecule has 2 fully saturated rings. The number of benzene rings is 1. The molecule has 0 bridgehead atoms. The quantitative estimate of drug-likeness (QED) is 0.831. The van der Waals surface area contributed by atoms with Crippen molar-refractivity contribution in [3.05, 3.63) is 47.5 Å². The number of carbonyl (C=O) groups is 1. The fourth-order valence-electron chi connectivity index (χ4n) is 3.61. The Morgan fingerprint density at radius 2 is 2.04 bits per heavy atom. The van der Waals surface area contributed by atoms with E-state index in [1.807, 2.05) is 45.0 Å².